The van der Waals surface area contributed by atoms with E-state index in [1.807, 2.05) is 4.90 Å². The number of rotatable bonds is 3. The van der Waals surface area contributed by atoms with E-state index in [1.165, 1.54) is 0 Å². The van der Waals surface area contributed by atoms with Crippen LogP contribution in [0.25, 0.3) is 0 Å². The normalized spacial score (nSPS) is 33.4. The Morgan fingerprint density at radius 2 is 2.28 bits per heavy atom. The maximum Gasteiger partial charge on any atom is 0.225 e. The summed E-state index contributed by atoms with van der Waals surface area (Å²) < 4.78 is 0. The first-order valence-electron chi connectivity index (χ1n) is 7.33. The van der Waals surface area contributed by atoms with E-state index in [9.17, 15) is 4.79 Å². The fourth-order valence-electron chi connectivity index (χ4n) is 3.30. The van der Waals surface area contributed by atoms with Gasteiger partial charge in [-0.3, -0.25) is 4.79 Å². The lowest BCUT2D eigenvalue weighted by Gasteiger charge is -2.37. The van der Waals surface area contributed by atoms with Crippen LogP contribution in [0.15, 0.2) is 0 Å². The number of nitrogens with one attached hydrogen (secondary N) is 1. The maximum atomic E-state index is 12.5. The van der Waals surface area contributed by atoms with E-state index in [0.717, 1.165) is 51.7 Å². The van der Waals surface area contributed by atoms with Crippen molar-refractivity contribution in [2.24, 2.45) is 11.8 Å². The summed E-state index contributed by atoms with van der Waals surface area (Å²) in [4.78, 5) is 14.5. The molecule has 2 N–H and O–H groups in total. The molecule has 2 aliphatic rings. The van der Waals surface area contributed by atoms with Gasteiger partial charge in [0.25, 0.3) is 0 Å². The van der Waals surface area contributed by atoms with E-state index in [4.69, 9.17) is 5.11 Å². The van der Waals surface area contributed by atoms with Crippen LogP contribution in [0.2, 0.25) is 0 Å². The largest absolute Gasteiger partial charge is 0.396 e. The molecule has 0 bridgehead atoms. The molecule has 2 heterocycles. The SMILES string of the molecule is CC1CC(C(=O)N2CCCC(CCO)C2)CCN1. The van der Waals surface area contributed by atoms with Crippen LogP contribution >= 0.6 is 0 Å². The molecule has 0 aromatic heterocycles. The number of aliphatic hydroxyl groups is 1. The Labute approximate surface area is 110 Å². The van der Waals surface area contributed by atoms with Crippen LogP contribution in [0.1, 0.15) is 39.0 Å². The van der Waals surface area contributed by atoms with Gasteiger partial charge in [0.2, 0.25) is 5.91 Å². The van der Waals surface area contributed by atoms with Gasteiger partial charge in [0.05, 0.1) is 0 Å². The second kappa shape index (κ2) is 6.53. The van der Waals surface area contributed by atoms with Crippen LogP contribution < -0.4 is 5.32 Å². The summed E-state index contributed by atoms with van der Waals surface area (Å²) in [6, 6.07) is 0.464. The highest BCUT2D eigenvalue weighted by Crippen LogP contribution is 2.24. The Morgan fingerprint density at radius 3 is 3.00 bits per heavy atom. The number of likely N-dealkylation sites (tertiary alicyclic amines) is 1. The molecule has 3 atom stereocenters. The molecular formula is C14H26N2O2. The van der Waals surface area contributed by atoms with E-state index < -0.39 is 0 Å². The van der Waals surface area contributed by atoms with Crippen molar-refractivity contribution >= 4 is 5.91 Å². The second-order valence-electron chi connectivity index (χ2n) is 5.88. The first kappa shape index (κ1) is 13.8. The molecule has 2 saturated heterocycles. The third-order valence-electron chi connectivity index (χ3n) is 4.34. The Bertz CT molecular complexity index is 281. The zero-order valence-corrected chi connectivity index (χ0v) is 11.4. The molecule has 0 saturated carbocycles. The van der Waals surface area contributed by atoms with Crippen LogP contribution in [-0.2, 0) is 4.79 Å². The van der Waals surface area contributed by atoms with Gasteiger partial charge in [-0.2, -0.15) is 0 Å². The third-order valence-corrected chi connectivity index (χ3v) is 4.34. The minimum Gasteiger partial charge on any atom is -0.396 e. The van der Waals surface area contributed by atoms with Crippen molar-refractivity contribution < 1.29 is 9.90 Å². The topological polar surface area (TPSA) is 52.6 Å². The van der Waals surface area contributed by atoms with Crippen molar-refractivity contribution in [2.75, 3.05) is 26.2 Å². The van der Waals surface area contributed by atoms with E-state index in [2.05, 4.69) is 12.2 Å². The van der Waals surface area contributed by atoms with Gasteiger partial charge in [0.15, 0.2) is 0 Å². The molecule has 18 heavy (non-hydrogen) atoms. The van der Waals surface area contributed by atoms with E-state index >= 15 is 0 Å². The van der Waals surface area contributed by atoms with Gasteiger partial charge in [0.1, 0.15) is 0 Å². The second-order valence-corrected chi connectivity index (χ2v) is 5.88. The van der Waals surface area contributed by atoms with Crippen molar-refractivity contribution in [2.45, 2.75) is 45.1 Å². The van der Waals surface area contributed by atoms with Gasteiger partial charge < -0.3 is 15.3 Å². The zero-order valence-electron chi connectivity index (χ0n) is 11.4. The molecule has 4 nitrogen and oxygen atoms in total. The standard InChI is InChI=1S/C14H26N2O2/c1-11-9-13(4-6-15-11)14(18)16-7-2-3-12(10-16)5-8-17/h11-13,15,17H,2-10H2,1H3. The van der Waals surface area contributed by atoms with Crippen molar-refractivity contribution in [3.05, 3.63) is 0 Å². The smallest absolute Gasteiger partial charge is 0.225 e. The van der Waals surface area contributed by atoms with Crippen molar-refractivity contribution in [1.82, 2.24) is 10.2 Å². The number of carbonyl (C=O) groups excluding carboxylic acids is 1. The summed E-state index contributed by atoms with van der Waals surface area (Å²) >= 11 is 0. The molecule has 2 aliphatic heterocycles. The van der Waals surface area contributed by atoms with Crippen LogP contribution in [0.5, 0.6) is 0 Å². The summed E-state index contributed by atoms with van der Waals surface area (Å²) in [6.07, 6.45) is 5.04. The number of aliphatic hydroxyl groups excluding tert-OH is 1. The number of piperidine rings is 2. The van der Waals surface area contributed by atoms with E-state index in [-0.39, 0.29) is 12.5 Å². The van der Waals surface area contributed by atoms with E-state index in [1.54, 1.807) is 0 Å². The Hall–Kier alpha value is -0.610. The maximum absolute atomic E-state index is 12.5. The molecule has 4 heteroatoms. The van der Waals surface area contributed by atoms with Gasteiger partial charge in [-0.15, -0.1) is 0 Å². The molecule has 0 aromatic carbocycles. The highest BCUT2D eigenvalue weighted by molar-refractivity contribution is 5.79. The monoisotopic (exact) mass is 254 g/mol. The molecule has 1 amide bonds. The first-order chi connectivity index (χ1) is 8.70. The van der Waals surface area contributed by atoms with Crippen LogP contribution in [-0.4, -0.2) is 48.2 Å². The summed E-state index contributed by atoms with van der Waals surface area (Å²) in [5.41, 5.74) is 0. The van der Waals surface area contributed by atoms with Gasteiger partial charge in [0, 0.05) is 31.7 Å². The van der Waals surface area contributed by atoms with Crippen molar-refractivity contribution in [3.63, 3.8) is 0 Å². The van der Waals surface area contributed by atoms with Gasteiger partial charge in [-0.25, -0.2) is 0 Å². The summed E-state index contributed by atoms with van der Waals surface area (Å²) in [5.74, 6) is 1.08. The number of nitrogens with zero attached hydrogens (tertiary/aromatic N) is 1. The van der Waals surface area contributed by atoms with Gasteiger partial charge >= 0.3 is 0 Å². The molecule has 0 aliphatic carbocycles. The Morgan fingerprint density at radius 1 is 1.44 bits per heavy atom. The average Bonchev–Trinajstić information content (AvgIpc) is 2.39. The highest BCUT2D eigenvalue weighted by Gasteiger charge is 2.31. The van der Waals surface area contributed by atoms with Crippen LogP contribution in [0.4, 0.5) is 0 Å². The molecule has 3 unspecified atom stereocenters. The summed E-state index contributed by atoms with van der Waals surface area (Å²) in [5, 5.41) is 12.4. The summed E-state index contributed by atoms with van der Waals surface area (Å²) in [6.45, 7) is 5.14. The van der Waals surface area contributed by atoms with Crippen molar-refractivity contribution in [1.29, 1.82) is 0 Å². The van der Waals surface area contributed by atoms with Crippen molar-refractivity contribution in [3.8, 4) is 0 Å². The Balaban J connectivity index is 1.87. The molecular weight excluding hydrogens is 228 g/mol. The number of hydrogen-bond donors (Lipinski definition) is 2. The molecule has 0 spiro atoms. The van der Waals surface area contributed by atoms with Gasteiger partial charge in [-0.05, 0) is 51.5 Å². The highest BCUT2D eigenvalue weighted by atomic mass is 16.3. The zero-order chi connectivity index (χ0) is 13.0. The summed E-state index contributed by atoms with van der Waals surface area (Å²) in [7, 11) is 0. The van der Waals surface area contributed by atoms with Crippen LogP contribution in [0, 0.1) is 11.8 Å². The molecule has 2 fully saturated rings. The first-order valence-corrected chi connectivity index (χ1v) is 7.33. The molecule has 0 aromatic rings. The molecule has 2 rings (SSSR count). The predicted octanol–water partition coefficient (Wildman–Crippen LogP) is 0.996. The third kappa shape index (κ3) is 3.45. The van der Waals surface area contributed by atoms with Crippen LogP contribution in [0.3, 0.4) is 0 Å². The fourth-order valence-corrected chi connectivity index (χ4v) is 3.30. The lowest BCUT2D eigenvalue weighted by Crippen LogP contribution is -2.47. The number of carbonyl (C=O) groups is 1. The fraction of sp³-hybridized carbons (Fsp3) is 0.929. The quantitative estimate of drug-likeness (QED) is 0.790. The average molecular weight is 254 g/mol. The molecule has 104 valence electrons. The predicted molar refractivity (Wildman–Crippen MR) is 71.2 cm³/mol. The lowest BCUT2D eigenvalue weighted by molar-refractivity contribution is -0.138. The van der Waals surface area contributed by atoms with E-state index in [0.29, 0.717) is 17.9 Å². The minimum atomic E-state index is 0.217. The molecule has 0 radical (unpaired) electrons. The lowest BCUT2D eigenvalue weighted by atomic mass is 9.89. The Kier molecular flexibility index (Phi) is 5.01. The minimum absolute atomic E-state index is 0.217. The number of amides is 1. The van der Waals surface area contributed by atoms with Gasteiger partial charge in [-0.1, -0.05) is 0 Å². The number of hydrogen-bond acceptors (Lipinski definition) is 3.